The Balaban J connectivity index is 2.39. The number of rotatable bonds is 5. The Hall–Kier alpha value is 0.310. The monoisotopic (exact) mass is 201 g/mol. The minimum Gasteiger partial charge on any atom is -0.316 e. The molecule has 1 N–H and O–H groups in total. The van der Waals surface area contributed by atoms with E-state index in [0.29, 0.717) is 0 Å². The first-order valence-corrected chi connectivity index (χ1v) is 6.70. The van der Waals surface area contributed by atoms with E-state index in [9.17, 15) is 0 Å². The largest absolute Gasteiger partial charge is 0.316 e. The molecular weight excluding hydrogens is 178 g/mol. The van der Waals surface area contributed by atoms with Gasteiger partial charge < -0.3 is 5.32 Å². The summed E-state index contributed by atoms with van der Waals surface area (Å²) in [7, 11) is 2.12. The van der Waals surface area contributed by atoms with Gasteiger partial charge in [0.1, 0.15) is 0 Å². The van der Waals surface area contributed by atoms with Crippen LogP contribution in [0, 0.1) is 11.8 Å². The molecule has 13 heavy (non-hydrogen) atoms. The zero-order valence-corrected chi connectivity index (χ0v) is 9.99. The zero-order valence-electron chi connectivity index (χ0n) is 9.18. The molecule has 0 saturated carbocycles. The van der Waals surface area contributed by atoms with E-state index in [0.717, 1.165) is 17.9 Å². The Kier molecular flexibility index (Phi) is 5.18. The predicted octanol–water partition coefficient (Wildman–Crippen LogP) is 2.76. The summed E-state index contributed by atoms with van der Waals surface area (Å²) in [6.07, 6.45) is 4.11. The van der Waals surface area contributed by atoms with Crippen molar-refractivity contribution in [2.24, 2.45) is 11.8 Å². The number of hydrogen-bond donors (Lipinski definition) is 1. The van der Waals surface area contributed by atoms with E-state index in [1.165, 1.54) is 30.8 Å². The van der Waals surface area contributed by atoms with Crippen LogP contribution in [0.1, 0.15) is 33.1 Å². The molecule has 1 aliphatic heterocycles. The van der Waals surface area contributed by atoms with Gasteiger partial charge in [-0.15, -0.1) is 0 Å². The van der Waals surface area contributed by atoms with E-state index in [1.807, 2.05) is 0 Å². The number of hydrogen-bond acceptors (Lipinski definition) is 2. The third-order valence-corrected chi connectivity index (χ3v) is 4.35. The van der Waals surface area contributed by atoms with Crippen molar-refractivity contribution in [2.45, 2.75) is 39.2 Å². The number of nitrogens with one attached hydrogen (secondary N) is 1. The molecule has 1 aliphatic rings. The topological polar surface area (TPSA) is 12.0 Å². The summed E-state index contributed by atoms with van der Waals surface area (Å²) in [5, 5.41) is 3.52. The molecule has 1 heterocycles. The lowest BCUT2D eigenvalue weighted by molar-refractivity contribution is 0.289. The van der Waals surface area contributed by atoms with Crippen LogP contribution in [0.15, 0.2) is 0 Å². The molecule has 0 amide bonds. The molecule has 1 saturated heterocycles. The third kappa shape index (κ3) is 3.17. The molecule has 0 spiro atoms. The Morgan fingerprint density at radius 1 is 1.54 bits per heavy atom. The summed E-state index contributed by atoms with van der Waals surface area (Å²) in [6, 6.07) is 0.759. The molecule has 0 aromatic carbocycles. The van der Waals surface area contributed by atoms with Crippen LogP contribution in [0.25, 0.3) is 0 Å². The summed E-state index contributed by atoms with van der Waals surface area (Å²) >= 11 is 2.12. The van der Waals surface area contributed by atoms with Gasteiger partial charge in [-0.1, -0.05) is 20.3 Å². The fraction of sp³-hybridized carbons (Fsp3) is 1.00. The van der Waals surface area contributed by atoms with Crippen molar-refractivity contribution in [3.63, 3.8) is 0 Å². The smallest absolute Gasteiger partial charge is 0.0126 e. The quantitative estimate of drug-likeness (QED) is 0.734. The second-order valence-electron chi connectivity index (χ2n) is 4.20. The van der Waals surface area contributed by atoms with E-state index < -0.39 is 0 Å². The van der Waals surface area contributed by atoms with Crippen molar-refractivity contribution < 1.29 is 0 Å². The molecule has 0 bridgehead atoms. The minimum atomic E-state index is 0.759. The van der Waals surface area contributed by atoms with Gasteiger partial charge in [0, 0.05) is 6.04 Å². The lowest BCUT2D eigenvalue weighted by atomic mass is 9.86. The first kappa shape index (κ1) is 11.4. The van der Waals surface area contributed by atoms with E-state index >= 15 is 0 Å². The van der Waals surface area contributed by atoms with Crippen LogP contribution in [-0.4, -0.2) is 24.6 Å². The second-order valence-corrected chi connectivity index (χ2v) is 5.35. The molecule has 2 heteroatoms. The Morgan fingerprint density at radius 2 is 2.31 bits per heavy atom. The fourth-order valence-corrected chi connectivity index (χ4v) is 3.77. The van der Waals surface area contributed by atoms with E-state index in [4.69, 9.17) is 0 Å². The van der Waals surface area contributed by atoms with Gasteiger partial charge in [-0.3, -0.25) is 0 Å². The van der Waals surface area contributed by atoms with Crippen molar-refractivity contribution in [1.29, 1.82) is 0 Å². The lowest BCUT2D eigenvalue weighted by Gasteiger charge is -2.28. The summed E-state index contributed by atoms with van der Waals surface area (Å²) in [5.41, 5.74) is 0. The van der Waals surface area contributed by atoms with E-state index in [-0.39, 0.29) is 0 Å². The van der Waals surface area contributed by atoms with Crippen LogP contribution < -0.4 is 5.32 Å². The maximum Gasteiger partial charge on any atom is 0.0126 e. The molecule has 1 rings (SSSR count). The van der Waals surface area contributed by atoms with Crippen molar-refractivity contribution >= 4 is 11.8 Å². The van der Waals surface area contributed by atoms with Crippen LogP contribution in [-0.2, 0) is 0 Å². The number of thioether (sulfide) groups is 1. The highest BCUT2D eigenvalue weighted by Gasteiger charge is 2.27. The molecule has 0 radical (unpaired) electrons. The van der Waals surface area contributed by atoms with Crippen LogP contribution in [0.2, 0.25) is 0 Å². The highest BCUT2D eigenvalue weighted by atomic mass is 32.2. The highest BCUT2D eigenvalue weighted by molar-refractivity contribution is 7.99. The van der Waals surface area contributed by atoms with Crippen molar-refractivity contribution in [3.05, 3.63) is 0 Å². The SMILES string of the molecule is CCCC(C)C(NC)C1CCSC1. The molecular formula is C11H23NS. The summed E-state index contributed by atoms with van der Waals surface area (Å²) < 4.78 is 0. The van der Waals surface area contributed by atoms with Gasteiger partial charge in [-0.25, -0.2) is 0 Å². The van der Waals surface area contributed by atoms with E-state index in [2.05, 4.69) is 38.0 Å². The van der Waals surface area contributed by atoms with Gasteiger partial charge in [0.2, 0.25) is 0 Å². The van der Waals surface area contributed by atoms with Gasteiger partial charge in [-0.2, -0.15) is 11.8 Å². The molecule has 0 aromatic heterocycles. The Morgan fingerprint density at radius 3 is 2.77 bits per heavy atom. The maximum absolute atomic E-state index is 3.52. The maximum atomic E-state index is 3.52. The van der Waals surface area contributed by atoms with Gasteiger partial charge in [0.05, 0.1) is 0 Å². The van der Waals surface area contributed by atoms with Crippen molar-refractivity contribution in [2.75, 3.05) is 18.6 Å². The third-order valence-electron chi connectivity index (χ3n) is 3.16. The zero-order chi connectivity index (χ0) is 9.68. The predicted molar refractivity (Wildman–Crippen MR) is 62.4 cm³/mol. The summed E-state index contributed by atoms with van der Waals surface area (Å²) in [4.78, 5) is 0. The average molecular weight is 201 g/mol. The summed E-state index contributed by atoms with van der Waals surface area (Å²) in [5.74, 6) is 4.52. The summed E-state index contributed by atoms with van der Waals surface area (Å²) in [6.45, 7) is 4.68. The molecule has 1 fully saturated rings. The van der Waals surface area contributed by atoms with E-state index in [1.54, 1.807) is 0 Å². The van der Waals surface area contributed by atoms with Crippen LogP contribution >= 0.6 is 11.8 Å². The molecule has 0 aromatic rings. The van der Waals surface area contributed by atoms with Crippen molar-refractivity contribution in [3.8, 4) is 0 Å². The molecule has 78 valence electrons. The minimum absolute atomic E-state index is 0.759. The van der Waals surface area contributed by atoms with Gasteiger partial charge in [0.15, 0.2) is 0 Å². The Labute approximate surface area is 87.1 Å². The first-order chi connectivity index (χ1) is 6.29. The molecule has 3 unspecified atom stereocenters. The van der Waals surface area contributed by atoms with Crippen LogP contribution in [0.4, 0.5) is 0 Å². The highest BCUT2D eigenvalue weighted by Crippen LogP contribution is 2.30. The van der Waals surface area contributed by atoms with Gasteiger partial charge >= 0.3 is 0 Å². The standard InChI is InChI=1S/C11H23NS/c1-4-5-9(2)11(12-3)10-6-7-13-8-10/h9-12H,4-8H2,1-3H3. The fourth-order valence-electron chi connectivity index (χ4n) is 2.46. The second kappa shape index (κ2) is 5.92. The first-order valence-electron chi connectivity index (χ1n) is 5.54. The van der Waals surface area contributed by atoms with Crippen LogP contribution in [0.5, 0.6) is 0 Å². The van der Waals surface area contributed by atoms with Gasteiger partial charge in [0.25, 0.3) is 0 Å². The molecule has 0 aliphatic carbocycles. The molecule has 1 nitrogen and oxygen atoms in total. The Bertz CT molecular complexity index is 132. The van der Waals surface area contributed by atoms with Crippen LogP contribution in [0.3, 0.4) is 0 Å². The average Bonchev–Trinajstić information content (AvgIpc) is 2.59. The lowest BCUT2D eigenvalue weighted by Crippen LogP contribution is -2.39. The molecule has 3 atom stereocenters. The van der Waals surface area contributed by atoms with Crippen molar-refractivity contribution in [1.82, 2.24) is 5.32 Å². The normalized spacial score (nSPS) is 27.5. The van der Waals surface area contributed by atoms with Gasteiger partial charge in [-0.05, 0) is 43.2 Å².